The molecule has 23 heavy (non-hydrogen) atoms. The number of aryl methyl sites for hydroxylation is 1. The number of benzene rings is 2. The zero-order valence-electron chi connectivity index (χ0n) is 12.5. The SMILES string of the molecule is CCn1cnnc1-c1cccc(NS(=O)(=O)c2ccccc2)c1. The number of sulfonamides is 1. The van der Waals surface area contributed by atoms with Gasteiger partial charge in [-0.25, -0.2) is 8.42 Å². The quantitative estimate of drug-likeness (QED) is 0.781. The van der Waals surface area contributed by atoms with Crippen LogP contribution in [0, 0.1) is 0 Å². The summed E-state index contributed by atoms with van der Waals surface area (Å²) in [5.41, 5.74) is 1.29. The molecule has 6 nitrogen and oxygen atoms in total. The summed E-state index contributed by atoms with van der Waals surface area (Å²) in [6.45, 7) is 2.73. The van der Waals surface area contributed by atoms with E-state index in [1.54, 1.807) is 54.9 Å². The monoisotopic (exact) mass is 328 g/mol. The molecule has 2 aromatic carbocycles. The van der Waals surface area contributed by atoms with Gasteiger partial charge in [0.15, 0.2) is 5.82 Å². The van der Waals surface area contributed by atoms with Crippen molar-refractivity contribution < 1.29 is 8.42 Å². The summed E-state index contributed by atoms with van der Waals surface area (Å²) in [4.78, 5) is 0.224. The third-order valence-corrected chi connectivity index (χ3v) is 4.78. The van der Waals surface area contributed by atoms with Crippen LogP contribution >= 0.6 is 0 Å². The highest BCUT2D eigenvalue weighted by Crippen LogP contribution is 2.22. The van der Waals surface area contributed by atoms with Crippen LogP contribution in [0.1, 0.15) is 6.92 Å². The molecule has 0 spiro atoms. The first-order chi connectivity index (χ1) is 11.1. The number of hydrogen-bond acceptors (Lipinski definition) is 4. The average molecular weight is 328 g/mol. The van der Waals surface area contributed by atoms with Gasteiger partial charge in [0.1, 0.15) is 6.33 Å². The van der Waals surface area contributed by atoms with Crippen LogP contribution in [0.15, 0.2) is 65.8 Å². The van der Waals surface area contributed by atoms with Crippen molar-refractivity contribution in [2.45, 2.75) is 18.4 Å². The highest BCUT2D eigenvalue weighted by molar-refractivity contribution is 7.92. The largest absolute Gasteiger partial charge is 0.314 e. The molecule has 0 atom stereocenters. The second-order valence-corrected chi connectivity index (χ2v) is 6.62. The summed E-state index contributed by atoms with van der Waals surface area (Å²) >= 11 is 0. The van der Waals surface area contributed by atoms with E-state index in [9.17, 15) is 8.42 Å². The molecular weight excluding hydrogens is 312 g/mol. The summed E-state index contributed by atoms with van der Waals surface area (Å²) in [6.07, 6.45) is 1.65. The molecule has 0 radical (unpaired) electrons. The van der Waals surface area contributed by atoms with E-state index in [0.717, 1.165) is 12.1 Å². The van der Waals surface area contributed by atoms with Crippen LogP contribution in [0.25, 0.3) is 11.4 Å². The van der Waals surface area contributed by atoms with Gasteiger partial charge in [-0.15, -0.1) is 10.2 Å². The summed E-state index contributed by atoms with van der Waals surface area (Å²) in [6, 6.07) is 15.4. The van der Waals surface area contributed by atoms with E-state index in [-0.39, 0.29) is 4.90 Å². The third-order valence-electron chi connectivity index (χ3n) is 3.38. The van der Waals surface area contributed by atoms with E-state index >= 15 is 0 Å². The third kappa shape index (κ3) is 3.24. The Hall–Kier alpha value is -2.67. The topological polar surface area (TPSA) is 76.9 Å². The zero-order valence-corrected chi connectivity index (χ0v) is 13.4. The Bertz CT molecular complexity index is 905. The predicted molar refractivity (Wildman–Crippen MR) is 88.4 cm³/mol. The van der Waals surface area contributed by atoms with E-state index < -0.39 is 10.0 Å². The van der Waals surface area contributed by atoms with Gasteiger partial charge in [0.25, 0.3) is 10.0 Å². The molecule has 0 amide bonds. The van der Waals surface area contributed by atoms with Crippen molar-refractivity contribution in [3.8, 4) is 11.4 Å². The van der Waals surface area contributed by atoms with Gasteiger partial charge in [-0.05, 0) is 31.2 Å². The second kappa shape index (κ2) is 6.21. The molecule has 0 bridgehead atoms. The van der Waals surface area contributed by atoms with Gasteiger partial charge in [-0.3, -0.25) is 4.72 Å². The molecule has 1 N–H and O–H groups in total. The number of anilines is 1. The lowest BCUT2D eigenvalue weighted by Gasteiger charge is -2.09. The van der Waals surface area contributed by atoms with Crippen LogP contribution in [0.3, 0.4) is 0 Å². The molecule has 3 aromatic rings. The molecule has 0 aliphatic rings. The van der Waals surface area contributed by atoms with Crippen molar-refractivity contribution in [2.75, 3.05) is 4.72 Å². The van der Waals surface area contributed by atoms with Crippen LogP contribution in [0.2, 0.25) is 0 Å². The van der Waals surface area contributed by atoms with E-state index in [0.29, 0.717) is 11.5 Å². The molecule has 0 aliphatic carbocycles. The Balaban J connectivity index is 1.92. The van der Waals surface area contributed by atoms with E-state index in [2.05, 4.69) is 14.9 Å². The Labute approximate surface area is 134 Å². The molecule has 3 rings (SSSR count). The molecule has 1 aromatic heterocycles. The number of aromatic nitrogens is 3. The van der Waals surface area contributed by atoms with Crippen molar-refractivity contribution in [3.05, 3.63) is 60.9 Å². The summed E-state index contributed by atoms with van der Waals surface area (Å²) in [5, 5.41) is 7.98. The first-order valence-corrected chi connectivity index (χ1v) is 8.64. The first-order valence-electron chi connectivity index (χ1n) is 7.16. The van der Waals surface area contributed by atoms with Crippen molar-refractivity contribution in [1.29, 1.82) is 0 Å². The minimum Gasteiger partial charge on any atom is -0.314 e. The number of rotatable bonds is 5. The van der Waals surface area contributed by atoms with Gasteiger partial charge in [-0.2, -0.15) is 0 Å². The minimum absolute atomic E-state index is 0.224. The van der Waals surface area contributed by atoms with Crippen LogP contribution in [0.5, 0.6) is 0 Å². The maximum Gasteiger partial charge on any atom is 0.261 e. The van der Waals surface area contributed by atoms with Crippen molar-refractivity contribution in [3.63, 3.8) is 0 Å². The fourth-order valence-corrected chi connectivity index (χ4v) is 3.32. The van der Waals surface area contributed by atoms with Gasteiger partial charge >= 0.3 is 0 Å². The Kier molecular flexibility index (Phi) is 4.12. The van der Waals surface area contributed by atoms with Crippen LogP contribution in [0.4, 0.5) is 5.69 Å². The van der Waals surface area contributed by atoms with Crippen molar-refractivity contribution in [2.24, 2.45) is 0 Å². The van der Waals surface area contributed by atoms with Crippen LogP contribution in [-0.4, -0.2) is 23.2 Å². The Morgan fingerprint density at radius 1 is 1.09 bits per heavy atom. The molecule has 118 valence electrons. The standard InChI is InChI=1S/C16H16N4O2S/c1-2-20-12-17-18-16(20)13-7-6-8-14(11-13)19-23(21,22)15-9-4-3-5-10-15/h3-12,19H,2H2,1H3. The molecule has 0 aliphatic heterocycles. The molecule has 1 heterocycles. The van der Waals surface area contributed by atoms with Gasteiger partial charge in [0, 0.05) is 17.8 Å². The summed E-state index contributed by atoms with van der Waals surface area (Å²) in [7, 11) is -3.61. The molecule has 0 saturated carbocycles. The molecule has 0 unspecified atom stereocenters. The Morgan fingerprint density at radius 3 is 2.61 bits per heavy atom. The fourth-order valence-electron chi connectivity index (χ4n) is 2.25. The molecule has 7 heteroatoms. The van der Waals surface area contributed by atoms with Gasteiger partial charge in [0.05, 0.1) is 4.90 Å². The summed E-state index contributed by atoms with van der Waals surface area (Å²) in [5.74, 6) is 0.702. The highest BCUT2D eigenvalue weighted by atomic mass is 32.2. The first kappa shape index (κ1) is 15.2. The highest BCUT2D eigenvalue weighted by Gasteiger charge is 2.14. The zero-order chi connectivity index (χ0) is 16.3. The number of nitrogens with zero attached hydrogens (tertiary/aromatic N) is 3. The van der Waals surface area contributed by atoms with E-state index in [1.807, 2.05) is 17.6 Å². The maximum atomic E-state index is 12.4. The predicted octanol–water partition coefficient (Wildman–Crippen LogP) is 2.77. The summed E-state index contributed by atoms with van der Waals surface area (Å²) < 4.78 is 29.2. The van der Waals surface area contributed by atoms with Crippen molar-refractivity contribution in [1.82, 2.24) is 14.8 Å². The lowest BCUT2D eigenvalue weighted by molar-refractivity contribution is 0.601. The lowest BCUT2D eigenvalue weighted by atomic mass is 10.2. The minimum atomic E-state index is -3.61. The second-order valence-electron chi connectivity index (χ2n) is 4.94. The van der Waals surface area contributed by atoms with Crippen molar-refractivity contribution >= 4 is 15.7 Å². The smallest absolute Gasteiger partial charge is 0.261 e. The van der Waals surface area contributed by atoms with Crippen LogP contribution in [-0.2, 0) is 16.6 Å². The number of nitrogens with one attached hydrogen (secondary N) is 1. The van der Waals surface area contributed by atoms with Gasteiger partial charge < -0.3 is 4.57 Å². The molecule has 0 fully saturated rings. The number of hydrogen-bond donors (Lipinski definition) is 1. The molecular formula is C16H16N4O2S. The van der Waals surface area contributed by atoms with Gasteiger partial charge in [-0.1, -0.05) is 30.3 Å². The Morgan fingerprint density at radius 2 is 1.87 bits per heavy atom. The lowest BCUT2D eigenvalue weighted by Crippen LogP contribution is -2.12. The fraction of sp³-hybridized carbons (Fsp3) is 0.125. The van der Waals surface area contributed by atoms with E-state index in [4.69, 9.17) is 0 Å². The average Bonchev–Trinajstić information content (AvgIpc) is 3.04. The maximum absolute atomic E-state index is 12.4. The normalized spacial score (nSPS) is 11.3. The van der Waals surface area contributed by atoms with Crippen LogP contribution < -0.4 is 4.72 Å². The molecule has 0 saturated heterocycles. The van der Waals surface area contributed by atoms with E-state index in [1.165, 1.54) is 0 Å². The van der Waals surface area contributed by atoms with Gasteiger partial charge in [0.2, 0.25) is 0 Å².